The molecule has 0 aliphatic carbocycles. The Bertz CT molecular complexity index is 1130. The molecule has 0 bridgehead atoms. The third-order valence-electron chi connectivity index (χ3n) is 5.13. The molecular weight excluding hydrogens is 425 g/mol. The van der Waals surface area contributed by atoms with Gasteiger partial charge in [-0.1, -0.05) is 17.7 Å². The van der Waals surface area contributed by atoms with Crippen LogP contribution < -0.4 is 0 Å². The molecule has 0 unspecified atom stereocenters. The Balaban J connectivity index is 1.52. The first-order chi connectivity index (χ1) is 15.0. The molecule has 162 valence electrons. The highest BCUT2D eigenvalue weighted by Gasteiger charge is 2.26. The fourth-order valence-corrected chi connectivity index (χ4v) is 3.78. The van der Waals surface area contributed by atoms with E-state index in [1.807, 2.05) is 13.2 Å². The van der Waals surface area contributed by atoms with E-state index in [2.05, 4.69) is 10.1 Å². The van der Waals surface area contributed by atoms with Crippen molar-refractivity contribution in [2.45, 2.75) is 0 Å². The number of rotatable bonds is 4. The third kappa shape index (κ3) is 4.46. The van der Waals surface area contributed by atoms with E-state index >= 15 is 0 Å². The lowest BCUT2D eigenvalue weighted by atomic mass is 10.1. The molecule has 0 radical (unpaired) electrons. The predicted molar refractivity (Wildman–Crippen MR) is 114 cm³/mol. The maximum Gasteiger partial charge on any atom is 0.409 e. The summed E-state index contributed by atoms with van der Waals surface area (Å²) >= 11 is 6.45. The Hall–Kier alpha value is -3.20. The number of aromatic nitrogens is 3. The van der Waals surface area contributed by atoms with Gasteiger partial charge < -0.3 is 14.5 Å². The fraction of sp³-hybridized carbons (Fsp3) is 0.333. The van der Waals surface area contributed by atoms with Gasteiger partial charge in [0.1, 0.15) is 13.3 Å². The second kappa shape index (κ2) is 8.89. The minimum absolute atomic E-state index is 0.150. The molecule has 1 saturated heterocycles. The van der Waals surface area contributed by atoms with Crippen molar-refractivity contribution in [1.29, 1.82) is 0 Å². The summed E-state index contributed by atoms with van der Waals surface area (Å²) in [6, 6.07) is 7.02. The minimum Gasteiger partial charge on any atom is -0.447 e. The summed E-state index contributed by atoms with van der Waals surface area (Å²) in [7, 11) is 1.82. The van der Waals surface area contributed by atoms with Crippen LogP contribution in [-0.4, -0.2) is 76.0 Å². The molecule has 4 rings (SSSR count). The molecule has 1 aliphatic heterocycles. The lowest BCUT2D eigenvalue weighted by Gasteiger charge is -2.34. The normalized spacial score (nSPS) is 14.2. The molecule has 2 aromatic heterocycles. The molecule has 2 amide bonds. The standard InChI is InChI=1S/C21H21ClFN5O3/c1-26-13-15(12-24-26)18-11-17(22)16-3-2-14(10-19(16)25-18)20(29)27-5-7-28(8-6-27)21(30)31-9-4-23/h2-3,10-13H,4-9H2,1H3. The second-order valence-electron chi connectivity index (χ2n) is 7.21. The van der Waals surface area contributed by atoms with Gasteiger partial charge in [0.15, 0.2) is 0 Å². The van der Waals surface area contributed by atoms with Crippen LogP contribution in [0.3, 0.4) is 0 Å². The first-order valence-electron chi connectivity index (χ1n) is 9.82. The Morgan fingerprint density at radius 3 is 2.58 bits per heavy atom. The van der Waals surface area contributed by atoms with Crippen LogP contribution in [0.1, 0.15) is 10.4 Å². The maximum absolute atomic E-state index is 13.0. The van der Waals surface area contributed by atoms with Gasteiger partial charge in [-0.15, -0.1) is 0 Å². The van der Waals surface area contributed by atoms with Crippen LogP contribution in [0.5, 0.6) is 0 Å². The highest BCUT2D eigenvalue weighted by atomic mass is 35.5. The number of hydrogen-bond acceptors (Lipinski definition) is 5. The van der Waals surface area contributed by atoms with Gasteiger partial charge in [-0.3, -0.25) is 9.48 Å². The van der Waals surface area contributed by atoms with Crippen molar-refractivity contribution in [3.8, 4) is 11.3 Å². The number of carbonyl (C=O) groups excluding carboxylic acids is 2. The largest absolute Gasteiger partial charge is 0.447 e. The smallest absolute Gasteiger partial charge is 0.409 e. The first kappa shape index (κ1) is 21.0. The number of hydrogen-bond donors (Lipinski definition) is 0. The molecule has 0 saturated carbocycles. The molecular formula is C21H21ClFN5O3. The summed E-state index contributed by atoms with van der Waals surface area (Å²) in [5.74, 6) is -0.150. The highest BCUT2D eigenvalue weighted by Crippen LogP contribution is 2.29. The summed E-state index contributed by atoms with van der Waals surface area (Å²) in [6.07, 6.45) is 2.99. The van der Waals surface area contributed by atoms with E-state index < -0.39 is 12.8 Å². The lowest BCUT2D eigenvalue weighted by molar-refractivity contribution is 0.0548. The zero-order valence-electron chi connectivity index (χ0n) is 16.9. The number of nitrogens with zero attached hydrogens (tertiary/aromatic N) is 5. The molecule has 31 heavy (non-hydrogen) atoms. The van der Waals surface area contributed by atoms with Gasteiger partial charge in [-0.2, -0.15) is 5.10 Å². The van der Waals surface area contributed by atoms with Crippen molar-refractivity contribution in [1.82, 2.24) is 24.6 Å². The third-order valence-corrected chi connectivity index (χ3v) is 5.45. The van der Waals surface area contributed by atoms with E-state index in [4.69, 9.17) is 16.3 Å². The second-order valence-corrected chi connectivity index (χ2v) is 7.61. The number of benzene rings is 1. The van der Waals surface area contributed by atoms with Crippen LogP contribution in [0.2, 0.25) is 5.02 Å². The molecule has 3 heterocycles. The molecule has 8 nitrogen and oxygen atoms in total. The minimum atomic E-state index is -0.716. The fourth-order valence-electron chi connectivity index (χ4n) is 3.51. The topological polar surface area (TPSA) is 80.6 Å². The predicted octanol–water partition coefficient (Wildman–Crippen LogP) is 3.15. The average molecular weight is 446 g/mol. The van der Waals surface area contributed by atoms with Crippen LogP contribution in [0.15, 0.2) is 36.7 Å². The number of amides is 2. The Morgan fingerprint density at radius 1 is 1.16 bits per heavy atom. The van der Waals surface area contributed by atoms with Crippen LogP contribution >= 0.6 is 11.6 Å². The Labute approximate surface area is 183 Å². The summed E-state index contributed by atoms with van der Waals surface area (Å²) in [6.45, 7) is 0.425. The van der Waals surface area contributed by atoms with E-state index in [0.29, 0.717) is 48.0 Å². The zero-order valence-corrected chi connectivity index (χ0v) is 17.7. The number of carbonyl (C=O) groups is 2. The van der Waals surface area contributed by atoms with E-state index in [-0.39, 0.29) is 12.5 Å². The van der Waals surface area contributed by atoms with Crippen molar-refractivity contribution < 1.29 is 18.7 Å². The number of piperazine rings is 1. The summed E-state index contributed by atoms with van der Waals surface area (Å²) in [4.78, 5) is 32.7. The molecule has 1 fully saturated rings. The number of halogens is 2. The van der Waals surface area contributed by atoms with Crippen LogP contribution in [0.25, 0.3) is 22.2 Å². The summed E-state index contributed by atoms with van der Waals surface area (Å²) in [5.41, 5.74) is 2.62. The molecule has 1 aliphatic rings. The number of alkyl halides is 1. The molecule has 0 atom stereocenters. The number of ether oxygens (including phenoxy) is 1. The number of fused-ring (bicyclic) bond motifs is 1. The van der Waals surface area contributed by atoms with E-state index in [0.717, 1.165) is 10.9 Å². The van der Waals surface area contributed by atoms with Crippen molar-refractivity contribution in [2.75, 3.05) is 39.5 Å². The van der Waals surface area contributed by atoms with E-state index in [1.54, 1.807) is 40.0 Å². The Kier molecular flexibility index (Phi) is 6.03. The summed E-state index contributed by atoms with van der Waals surface area (Å²) in [5, 5.41) is 5.46. The number of pyridine rings is 1. The van der Waals surface area contributed by atoms with Crippen LogP contribution in [0.4, 0.5) is 9.18 Å². The van der Waals surface area contributed by atoms with Gasteiger partial charge in [0.25, 0.3) is 5.91 Å². The lowest BCUT2D eigenvalue weighted by Crippen LogP contribution is -2.50. The SMILES string of the molecule is Cn1cc(-c2cc(Cl)c3ccc(C(=O)N4CCN(C(=O)OCCF)CC4)cc3n2)cn1. The van der Waals surface area contributed by atoms with Gasteiger partial charge in [0, 0.05) is 55.9 Å². The highest BCUT2D eigenvalue weighted by molar-refractivity contribution is 6.35. The monoisotopic (exact) mass is 445 g/mol. The van der Waals surface area contributed by atoms with E-state index in [9.17, 15) is 14.0 Å². The molecule has 0 spiro atoms. The van der Waals surface area contributed by atoms with Gasteiger partial charge >= 0.3 is 6.09 Å². The summed E-state index contributed by atoms with van der Waals surface area (Å²) < 4.78 is 18.7. The van der Waals surface area contributed by atoms with Gasteiger partial charge in [-0.25, -0.2) is 14.2 Å². The van der Waals surface area contributed by atoms with Crippen LogP contribution in [0, 0.1) is 0 Å². The van der Waals surface area contributed by atoms with E-state index in [1.165, 1.54) is 4.90 Å². The molecule has 0 N–H and O–H groups in total. The van der Waals surface area contributed by atoms with Gasteiger partial charge in [-0.05, 0) is 18.2 Å². The zero-order chi connectivity index (χ0) is 22.0. The quantitative estimate of drug-likeness (QED) is 0.616. The molecule has 1 aromatic carbocycles. The Morgan fingerprint density at radius 2 is 1.90 bits per heavy atom. The molecule has 10 heteroatoms. The maximum atomic E-state index is 13.0. The van der Waals surface area contributed by atoms with Crippen molar-refractivity contribution in [3.63, 3.8) is 0 Å². The van der Waals surface area contributed by atoms with Gasteiger partial charge in [0.05, 0.1) is 22.4 Å². The van der Waals surface area contributed by atoms with Crippen molar-refractivity contribution in [3.05, 3.63) is 47.2 Å². The van der Waals surface area contributed by atoms with Crippen molar-refractivity contribution >= 4 is 34.5 Å². The molecule has 3 aromatic rings. The van der Waals surface area contributed by atoms with Crippen LogP contribution in [-0.2, 0) is 11.8 Å². The first-order valence-corrected chi connectivity index (χ1v) is 10.2. The number of aryl methyl sites for hydroxylation is 1. The van der Waals surface area contributed by atoms with Crippen molar-refractivity contribution in [2.24, 2.45) is 7.05 Å². The van der Waals surface area contributed by atoms with Gasteiger partial charge in [0.2, 0.25) is 0 Å². The average Bonchev–Trinajstić information content (AvgIpc) is 3.23.